The zero-order chi connectivity index (χ0) is 16.2. The molecule has 2 amide bonds. The number of hydrogen-bond donors (Lipinski definition) is 2. The van der Waals surface area contributed by atoms with Crippen LogP contribution in [0.2, 0.25) is 0 Å². The Bertz CT molecular complexity index is 534. The number of nitrogens with one attached hydrogen (secondary N) is 1. The van der Waals surface area contributed by atoms with Crippen molar-refractivity contribution in [3.8, 4) is 0 Å². The van der Waals surface area contributed by atoms with Crippen molar-refractivity contribution in [3.05, 3.63) is 35.4 Å². The molecule has 1 aliphatic rings. The van der Waals surface area contributed by atoms with Gasteiger partial charge in [0.2, 0.25) is 5.91 Å². The summed E-state index contributed by atoms with van der Waals surface area (Å²) in [7, 11) is 0. The van der Waals surface area contributed by atoms with Crippen LogP contribution in [0, 0.1) is 0 Å². The molecule has 3 N–H and O–H groups in total. The highest BCUT2D eigenvalue weighted by Crippen LogP contribution is 2.11. The number of amides is 2. The minimum atomic E-state index is -0.500. The van der Waals surface area contributed by atoms with Crippen molar-refractivity contribution in [1.29, 1.82) is 0 Å². The van der Waals surface area contributed by atoms with E-state index in [9.17, 15) is 9.59 Å². The molecule has 6 heteroatoms. The molecule has 1 fully saturated rings. The van der Waals surface area contributed by atoms with E-state index in [0.717, 1.165) is 32.8 Å². The molecule has 0 spiro atoms. The fraction of sp³-hybridized carbons (Fsp3) is 0.500. The Hall–Kier alpha value is -1.92. The van der Waals surface area contributed by atoms with E-state index in [1.165, 1.54) is 0 Å². The van der Waals surface area contributed by atoms with Gasteiger partial charge in [0.15, 0.2) is 0 Å². The van der Waals surface area contributed by atoms with Crippen LogP contribution in [-0.2, 0) is 4.74 Å². The lowest BCUT2D eigenvalue weighted by atomic mass is 10.0. The first kappa shape index (κ1) is 16.5. The highest BCUT2D eigenvalue weighted by Gasteiger charge is 2.25. The molecule has 1 aliphatic heterocycles. The van der Waals surface area contributed by atoms with Gasteiger partial charge in [-0.2, -0.15) is 0 Å². The van der Waals surface area contributed by atoms with Crippen molar-refractivity contribution in [2.24, 2.45) is 5.73 Å². The summed E-state index contributed by atoms with van der Waals surface area (Å²) in [6.45, 7) is 7.99. The second-order valence-electron chi connectivity index (χ2n) is 6.17. The zero-order valence-corrected chi connectivity index (χ0v) is 13.1. The first-order valence-electron chi connectivity index (χ1n) is 7.40. The van der Waals surface area contributed by atoms with Crippen LogP contribution in [0.15, 0.2) is 24.3 Å². The van der Waals surface area contributed by atoms with Gasteiger partial charge in [-0.05, 0) is 38.1 Å². The van der Waals surface area contributed by atoms with Crippen molar-refractivity contribution >= 4 is 11.8 Å². The lowest BCUT2D eigenvalue weighted by Gasteiger charge is -2.35. The van der Waals surface area contributed by atoms with Gasteiger partial charge in [0, 0.05) is 36.3 Å². The van der Waals surface area contributed by atoms with E-state index < -0.39 is 5.91 Å². The topological polar surface area (TPSA) is 84.7 Å². The number of carbonyl (C=O) groups excluding carboxylic acids is 2. The van der Waals surface area contributed by atoms with Gasteiger partial charge in [-0.3, -0.25) is 14.5 Å². The number of benzene rings is 1. The summed E-state index contributed by atoms with van der Waals surface area (Å²) in [5, 5.41) is 3.03. The minimum Gasteiger partial charge on any atom is -0.379 e. The number of rotatable bonds is 5. The maximum Gasteiger partial charge on any atom is 0.251 e. The molecule has 0 aromatic heterocycles. The van der Waals surface area contributed by atoms with Gasteiger partial charge in [0.1, 0.15) is 0 Å². The van der Waals surface area contributed by atoms with Gasteiger partial charge < -0.3 is 15.8 Å². The standard InChI is InChI=1S/C16H23N3O3/c1-16(2,11-19-7-9-22-10-8-19)18-15(21)13-5-3-12(4-6-13)14(17)20/h3-6H,7-11H2,1-2H3,(H2,17,20)(H,18,21). The van der Waals surface area contributed by atoms with Gasteiger partial charge in [-0.15, -0.1) is 0 Å². The third-order valence-corrected chi connectivity index (χ3v) is 3.61. The van der Waals surface area contributed by atoms with Crippen molar-refractivity contribution in [3.63, 3.8) is 0 Å². The van der Waals surface area contributed by atoms with E-state index in [2.05, 4.69) is 10.2 Å². The Morgan fingerprint density at radius 2 is 1.73 bits per heavy atom. The van der Waals surface area contributed by atoms with Crippen molar-refractivity contribution in [2.75, 3.05) is 32.8 Å². The maximum absolute atomic E-state index is 12.3. The first-order chi connectivity index (χ1) is 10.4. The van der Waals surface area contributed by atoms with Gasteiger partial charge in [0.05, 0.1) is 13.2 Å². The molecule has 0 bridgehead atoms. The van der Waals surface area contributed by atoms with E-state index in [1.54, 1.807) is 24.3 Å². The molecular weight excluding hydrogens is 282 g/mol. The monoisotopic (exact) mass is 305 g/mol. The molecule has 1 aromatic rings. The van der Waals surface area contributed by atoms with E-state index in [4.69, 9.17) is 10.5 Å². The summed E-state index contributed by atoms with van der Waals surface area (Å²) >= 11 is 0. The average molecular weight is 305 g/mol. The summed E-state index contributed by atoms with van der Waals surface area (Å²) in [5.41, 5.74) is 5.75. The molecule has 0 radical (unpaired) electrons. The predicted molar refractivity (Wildman–Crippen MR) is 83.8 cm³/mol. The van der Waals surface area contributed by atoms with Gasteiger partial charge in [0.25, 0.3) is 5.91 Å². The van der Waals surface area contributed by atoms with E-state index in [0.29, 0.717) is 11.1 Å². The fourth-order valence-electron chi connectivity index (χ4n) is 2.52. The number of primary amides is 1. The predicted octanol–water partition coefficient (Wildman–Crippen LogP) is 0.626. The summed E-state index contributed by atoms with van der Waals surface area (Å²) in [4.78, 5) is 25.6. The number of hydrogen-bond acceptors (Lipinski definition) is 4. The Labute approximate surface area is 130 Å². The largest absolute Gasteiger partial charge is 0.379 e. The summed E-state index contributed by atoms with van der Waals surface area (Å²) in [6, 6.07) is 6.35. The molecule has 120 valence electrons. The summed E-state index contributed by atoms with van der Waals surface area (Å²) in [5.74, 6) is -0.658. The molecule has 0 unspecified atom stereocenters. The third kappa shape index (κ3) is 4.54. The second kappa shape index (κ2) is 6.89. The van der Waals surface area contributed by atoms with E-state index in [-0.39, 0.29) is 11.4 Å². The van der Waals surface area contributed by atoms with Gasteiger partial charge >= 0.3 is 0 Å². The Kier molecular flexibility index (Phi) is 5.15. The molecular formula is C16H23N3O3. The molecule has 2 rings (SSSR count). The van der Waals surface area contributed by atoms with Crippen molar-refractivity contribution < 1.29 is 14.3 Å². The zero-order valence-electron chi connectivity index (χ0n) is 13.1. The van der Waals surface area contributed by atoms with Crippen molar-refractivity contribution in [2.45, 2.75) is 19.4 Å². The van der Waals surface area contributed by atoms with Crippen LogP contribution in [0.4, 0.5) is 0 Å². The molecule has 1 aromatic carbocycles. The average Bonchev–Trinajstić information content (AvgIpc) is 2.47. The summed E-state index contributed by atoms with van der Waals surface area (Å²) in [6.07, 6.45) is 0. The molecule has 6 nitrogen and oxygen atoms in total. The van der Waals surface area contributed by atoms with Crippen LogP contribution in [0.25, 0.3) is 0 Å². The normalized spacial score (nSPS) is 16.3. The van der Waals surface area contributed by atoms with Crippen LogP contribution in [-0.4, -0.2) is 55.1 Å². The van der Waals surface area contributed by atoms with Crippen LogP contribution in [0.1, 0.15) is 34.6 Å². The van der Waals surface area contributed by atoms with E-state index in [1.807, 2.05) is 13.8 Å². The SMILES string of the molecule is CC(C)(CN1CCOCC1)NC(=O)c1ccc(C(N)=O)cc1. The van der Waals surface area contributed by atoms with Gasteiger partial charge in [-0.25, -0.2) is 0 Å². The molecule has 0 aliphatic carbocycles. The second-order valence-corrected chi connectivity index (χ2v) is 6.17. The number of nitrogens with zero attached hydrogens (tertiary/aromatic N) is 1. The highest BCUT2D eigenvalue weighted by atomic mass is 16.5. The number of ether oxygens (including phenoxy) is 1. The molecule has 22 heavy (non-hydrogen) atoms. The minimum absolute atomic E-state index is 0.158. The number of morpholine rings is 1. The van der Waals surface area contributed by atoms with Crippen LogP contribution in [0.3, 0.4) is 0 Å². The highest BCUT2D eigenvalue weighted by molar-refractivity contribution is 5.97. The first-order valence-corrected chi connectivity index (χ1v) is 7.40. The fourth-order valence-corrected chi connectivity index (χ4v) is 2.52. The molecule has 1 saturated heterocycles. The van der Waals surface area contributed by atoms with Gasteiger partial charge in [-0.1, -0.05) is 0 Å². The lowest BCUT2D eigenvalue weighted by Crippen LogP contribution is -2.53. The number of carbonyl (C=O) groups is 2. The van der Waals surface area contributed by atoms with Crippen LogP contribution >= 0.6 is 0 Å². The Morgan fingerprint density at radius 1 is 1.18 bits per heavy atom. The molecule has 0 atom stereocenters. The molecule has 0 saturated carbocycles. The maximum atomic E-state index is 12.3. The van der Waals surface area contributed by atoms with Crippen LogP contribution in [0.5, 0.6) is 0 Å². The van der Waals surface area contributed by atoms with Crippen LogP contribution < -0.4 is 11.1 Å². The Balaban J connectivity index is 1.95. The van der Waals surface area contributed by atoms with E-state index >= 15 is 0 Å². The summed E-state index contributed by atoms with van der Waals surface area (Å²) < 4.78 is 5.33. The lowest BCUT2D eigenvalue weighted by molar-refractivity contribution is 0.0269. The third-order valence-electron chi connectivity index (χ3n) is 3.61. The van der Waals surface area contributed by atoms with Crippen molar-refractivity contribution in [1.82, 2.24) is 10.2 Å². The quantitative estimate of drug-likeness (QED) is 0.835. The Morgan fingerprint density at radius 3 is 2.27 bits per heavy atom. The molecule has 1 heterocycles. The smallest absolute Gasteiger partial charge is 0.251 e. The number of nitrogens with two attached hydrogens (primary N) is 1.